The number of alkyl halides is 2. The summed E-state index contributed by atoms with van der Waals surface area (Å²) in [6, 6.07) is 6.49. The predicted molar refractivity (Wildman–Crippen MR) is 81.0 cm³/mol. The van der Waals surface area contributed by atoms with Gasteiger partial charge >= 0.3 is 6.61 Å². The Morgan fingerprint density at radius 1 is 1.32 bits per heavy atom. The highest BCUT2D eigenvalue weighted by atomic mass is 19.3. The molecule has 1 aromatic rings. The first-order chi connectivity index (χ1) is 10.6. The first-order valence-corrected chi connectivity index (χ1v) is 7.90. The molecule has 1 aliphatic carbocycles. The SMILES string of the molecule is CCCN(CC1CC1)C(=O)CCc1ccc(OC(F)F)cc1. The highest BCUT2D eigenvalue weighted by Gasteiger charge is 2.26. The van der Waals surface area contributed by atoms with Crippen molar-refractivity contribution in [1.29, 1.82) is 0 Å². The number of carbonyl (C=O) groups excluding carboxylic acids is 1. The van der Waals surface area contributed by atoms with Gasteiger partial charge in [0.2, 0.25) is 5.91 Å². The molecule has 1 fully saturated rings. The van der Waals surface area contributed by atoms with Gasteiger partial charge in [-0.3, -0.25) is 4.79 Å². The molecule has 0 aromatic heterocycles. The second kappa shape index (κ2) is 8.11. The summed E-state index contributed by atoms with van der Waals surface area (Å²) < 4.78 is 28.5. The Bertz CT molecular complexity index is 472. The number of aryl methyl sites for hydroxylation is 1. The zero-order valence-electron chi connectivity index (χ0n) is 12.9. The van der Waals surface area contributed by atoms with Crippen LogP contribution in [-0.4, -0.2) is 30.5 Å². The van der Waals surface area contributed by atoms with Crippen LogP contribution in [0.1, 0.15) is 38.2 Å². The smallest absolute Gasteiger partial charge is 0.387 e. The number of halogens is 2. The van der Waals surface area contributed by atoms with Gasteiger partial charge in [0.25, 0.3) is 0 Å². The number of carbonyl (C=O) groups is 1. The lowest BCUT2D eigenvalue weighted by atomic mass is 10.1. The monoisotopic (exact) mass is 311 g/mol. The van der Waals surface area contributed by atoms with Crippen molar-refractivity contribution in [2.24, 2.45) is 5.92 Å². The van der Waals surface area contributed by atoms with Gasteiger partial charge in [-0.2, -0.15) is 8.78 Å². The molecule has 22 heavy (non-hydrogen) atoms. The lowest BCUT2D eigenvalue weighted by Gasteiger charge is -2.22. The van der Waals surface area contributed by atoms with Crippen molar-refractivity contribution in [2.75, 3.05) is 13.1 Å². The van der Waals surface area contributed by atoms with E-state index >= 15 is 0 Å². The summed E-state index contributed by atoms with van der Waals surface area (Å²) in [6.45, 7) is 0.969. The van der Waals surface area contributed by atoms with Gasteiger partial charge in [0.1, 0.15) is 5.75 Å². The Morgan fingerprint density at radius 2 is 2.00 bits per heavy atom. The van der Waals surface area contributed by atoms with E-state index in [1.54, 1.807) is 12.1 Å². The van der Waals surface area contributed by atoms with E-state index in [2.05, 4.69) is 11.7 Å². The molecule has 5 heteroatoms. The average Bonchev–Trinajstić information content (AvgIpc) is 3.29. The first-order valence-electron chi connectivity index (χ1n) is 7.90. The number of amides is 1. The quantitative estimate of drug-likeness (QED) is 0.693. The average molecular weight is 311 g/mol. The number of hydrogen-bond acceptors (Lipinski definition) is 2. The second-order valence-corrected chi connectivity index (χ2v) is 5.81. The van der Waals surface area contributed by atoms with Crippen LogP contribution in [0.15, 0.2) is 24.3 Å². The Balaban J connectivity index is 1.81. The second-order valence-electron chi connectivity index (χ2n) is 5.81. The Kier molecular flexibility index (Phi) is 6.16. The van der Waals surface area contributed by atoms with Crippen molar-refractivity contribution >= 4 is 5.91 Å². The van der Waals surface area contributed by atoms with Gasteiger partial charge < -0.3 is 9.64 Å². The van der Waals surface area contributed by atoms with Gasteiger partial charge in [-0.05, 0) is 49.3 Å². The molecular weight excluding hydrogens is 288 g/mol. The molecular formula is C17H23F2NO2. The van der Waals surface area contributed by atoms with Crippen molar-refractivity contribution in [3.8, 4) is 5.75 Å². The van der Waals surface area contributed by atoms with E-state index in [-0.39, 0.29) is 11.7 Å². The standard InChI is InChI=1S/C17H23F2NO2/c1-2-11-20(12-14-3-4-14)16(21)10-7-13-5-8-15(9-6-13)22-17(18)19/h5-6,8-9,14,17H,2-4,7,10-12H2,1H3. The summed E-state index contributed by atoms with van der Waals surface area (Å²) in [4.78, 5) is 14.2. The third-order valence-electron chi connectivity index (χ3n) is 3.80. The molecule has 0 spiro atoms. The zero-order chi connectivity index (χ0) is 15.9. The van der Waals surface area contributed by atoms with E-state index in [4.69, 9.17) is 0 Å². The van der Waals surface area contributed by atoms with E-state index in [0.717, 1.165) is 25.1 Å². The molecule has 3 nitrogen and oxygen atoms in total. The molecule has 0 heterocycles. The third kappa shape index (κ3) is 5.62. The summed E-state index contributed by atoms with van der Waals surface area (Å²) in [6.07, 6.45) is 4.52. The molecule has 1 amide bonds. The van der Waals surface area contributed by atoms with Gasteiger partial charge in [-0.15, -0.1) is 0 Å². The maximum atomic E-state index is 12.3. The summed E-state index contributed by atoms with van der Waals surface area (Å²) in [5.41, 5.74) is 0.956. The third-order valence-corrected chi connectivity index (χ3v) is 3.80. The zero-order valence-corrected chi connectivity index (χ0v) is 12.9. The van der Waals surface area contributed by atoms with E-state index in [9.17, 15) is 13.6 Å². The Hall–Kier alpha value is -1.65. The number of benzene rings is 1. The summed E-state index contributed by atoms with van der Waals surface area (Å²) in [5.74, 6) is 1.02. The predicted octanol–water partition coefficient (Wildman–Crippen LogP) is 3.87. The fourth-order valence-electron chi connectivity index (χ4n) is 2.45. The summed E-state index contributed by atoms with van der Waals surface area (Å²) in [5, 5.41) is 0. The Morgan fingerprint density at radius 3 is 2.55 bits per heavy atom. The summed E-state index contributed by atoms with van der Waals surface area (Å²) in [7, 11) is 0. The maximum absolute atomic E-state index is 12.3. The van der Waals surface area contributed by atoms with Crippen LogP contribution in [-0.2, 0) is 11.2 Å². The number of nitrogens with zero attached hydrogens (tertiary/aromatic N) is 1. The van der Waals surface area contributed by atoms with Crippen molar-refractivity contribution < 1.29 is 18.3 Å². The Labute approximate surface area is 130 Å². The topological polar surface area (TPSA) is 29.5 Å². The van der Waals surface area contributed by atoms with Crippen LogP contribution < -0.4 is 4.74 Å². The van der Waals surface area contributed by atoms with Crippen LogP contribution in [0.4, 0.5) is 8.78 Å². The van der Waals surface area contributed by atoms with E-state index < -0.39 is 6.61 Å². The van der Waals surface area contributed by atoms with Gasteiger partial charge in [0.05, 0.1) is 0 Å². The molecule has 0 saturated heterocycles. The van der Waals surface area contributed by atoms with Gasteiger partial charge in [0, 0.05) is 19.5 Å². The first kappa shape index (κ1) is 16.7. The van der Waals surface area contributed by atoms with E-state index in [1.807, 2.05) is 4.90 Å². The highest BCUT2D eigenvalue weighted by Crippen LogP contribution is 2.30. The molecule has 122 valence electrons. The van der Waals surface area contributed by atoms with Crippen molar-refractivity contribution in [3.63, 3.8) is 0 Å². The van der Waals surface area contributed by atoms with Crippen LogP contribution in [0.2, 0.25) is 0 Å². The number of ether oxygens (including phenoxy) is 1. The lowest BCUT2D eigenvalue weighted by Crippen LogP contribution is -2.33. The molecule has 0 aliphatic heterocycles. The molecule has 0 N–H and O–H groups in total. The van der Waals surface area contributed by atoms with Crippen LogP contribution in [0.5, 0.6) is 5.75 Å². The van der Waals surface area contributed by atoms with Crippen molar-refractivity contribution in [2.45, 2.75) is 45.6 Å². The number of rotatable bonds is 9. The fourth-order valence-corrected chi connectivity index (χ4v) is 2.45. The molecule has 1 aliphatic rings. The normalized spacial score (nSPS) is 14.2. The van der Waals surface area contributed by atoms with Crippen LogP contribution in [0.3, 0.4) is 0 Å². The largest absolute Gasteiger partial charge is 0.435 e. The number of hydrogen-bond donors (Lipinski definition) is 0. The van der Waals surface area contributed by atoms with Crippen molar-refractivity contribution in [1.82, 2.24) is 4.90 Å². The molecule has 2 rings (SSSR count). The van der Waals surface area contributed by atoms with Crippen LogP contribution in [0.25, 0.3) is 0 Å². The van der Waals surface area contributed by atoms with E-state index in [0.29, 0.717) is 18.8 Å². The van der Waals surface area contributed by atoms with Gasteiger partial charge in [0.15, 0.2) is 0 Å². The minimum atomic E-state index is -2.81. The molecule has 1 saturated carbocycles. The molecule has 0 atom stereocenters. The van der Waals surface area contributed by atoms with Gasteiger partial charge in [-0.25, -0.2) is 0 Å². The molecule has 0 radical (unpaired) electrons. The van der Waals surface area contributed by atoms with Gasteiger partial charge in [-0.1, -0.05) is 19.1 Å². The summed E-state index contributed by atoms with van der Waals surface area (Å²) >= 11 is 0. The van der Waals surface area contributed by atoms with Crippen molar-refractivity contribution in [3.05, 3.63) is 29.8 Å². The minimum Gasteiger partial charge on any atom is -0.435 e. The lowest BCUT2D eigenvalue weighted by molar-refractivity contribution is -0.131. The molecule has 0 unspecified atom stereocenters. The maximum Gasteiger partial charge on any atom is 0.387 e. The van der Waals surface area contributed by atoms with Crippen LogP contribution in [0, 0.1) is 5.92 Å². The van der Waals surface area contributed by atoms with E-state index in [1.165, 1.54) is 25.0 Å². The fraction of sp³-hybridized carbons (Fsp3) is 0.588. The molecule has 0 bridgehead atoms. The highest BCUT2D eigenvalue weighted by molar-refractivity contribution is 5.76. The van der Waals surface area contributed by atoms with Crippen LogP contribution >= 0.6 is 0 Å². The molecule has 1 aromatic carbocycles. The minimum absolute atomic E-state index is 0.145.